The summed E-state index contributed by atoms with van der Waals surface area (Å²) in [5.41, 5.74) is 4.62. The molecule has 1 aromatic carbocycles. The van der Waals surface area contributed by atoms with E-state index < -0.39 is 27.4 Å². The van der Waals surface area contributed by atoms with Gasteiger partial charge < -0.3 is 11.1 Å². The first-order valence-corrected chi connectivity index (χ1v) is 6.50. The molecule has 0 aliphatic carbocycles. The van der Waals surface area contributed by atoms with E-state index in [0.717, 1.165) is 18.2 Å². The summed E-state index contributed by atoms with van der Waals surface area (Å²) in [6.07, 6.45) is 0. The second kappa shape index (κ2) is 5.63. The number of anilines is 1. The lowest BCUT2D eigenvalue weighted by atomic mass is 10.3. The summed E-state index contributed by atoms with van der Waals surface area (Å²) in [4.78, 5) is 20.4. The Labute approximate surface area is 109 Å². The summed E-state index contributed by atoms with van der Waals surface area (Å²) < 4.78 is 25.5. The number of benzene rings is 1. The van der Waals surface area contributed by atoms with Crippen LogP contribution in [-0.2, 0) is 14.8 Å². The highest BCUT2D eigenvalue weighted by Gasteiger charge is 2.20. The number of nitrogens with two attached hydrogens (primary N) is 1. The van der Waals surface area contributed by atoms with E-state index in [1.807, 2.05) is 4.72 Å². The molecule has 1 rings (SSSR count). The van der Waals surface area contributed by atoms with Gasteiger partial charge in [0.05, 0.1) is 16.4 Å². The molecule has 10 heteroatoms. The summed E-state index contributed by atoms with van der Waals surface area (Å²) in [6.45, 7) is -0.547. The van der Waals surface area contributed by atoms with E-state index in [4.69, 9.17) is 5.73 Å². The quantitative estimate of drug-likeness (QED) is 0.471. The zero-order chi connectivity index (χ0) is 14.6. The molecule has 0 fully saturated rings. The molecule has 19 heavy (non-hydrogen) atoms. The molecule has 4 N–H and O–H groups in total. The van der Waals surface area contributed by atoms with Crippen molar-refractivity contribution in [2.75, 3.05) is 18.9 Å². The third-order valence-electron chi connectivity index (χ3n) is 2.18. The van der Waals surface area contributed by atoms with Gasteiger partial charge in [-0.1, -0.05) is 0 Å². The minimum atomic E-state index is -3.94. The number of nitrogens with one attached hydrogen (secondary N) is 2. The van der Waals surface area contributed by atoms with Crippen LogP contribution in [0, 0.1) is 10.1 Å². The fourth-order valence-electron chi connectivity index (χ4n) is 1.29. The average molecular weight is 288 g/mol. The SMILES string of the molecule is CNc1cc(S(=O)(=O)NCC(N)=O)ccc1[N+](=O)[O-]. The number of nitro benzene ring substituents is 1. The number of hydrogen-bond acceptors (Lipinski definition) is 6. The predicted molar refractivity (Wildman–Crippen MR) is 67.0 cm³/mol. The molecule has 0 unspecified atom stereocenters. The van der Waals surface area contributed by atoms with Crippen molar-refractivity contribution in [2.24, 2.45) is 5.73 Å². The van der Waals surface area contributed by atoms with Gasteiger partial charge in [0.2, 0.25) is 15.9 Å². The molecule has 0 heterocycles. The normalized spacial score (nSPS) is 11.0. The maximum Gasteiger partial charge on any atom is 0.292 e. The number of carbonyl (C=O) groups excluding carboxylic acids is 1. The molecule has 0 aromatic heterocycles. The Bertz CT molecular complexity index is 613. The summed E-state index contributed by atoms with van der Waals surface area (Å²) >= 11 is 0. The third-order valence-corrected chi connectivity index (χ3v) is 3.58. The highest BCUT2D eigenvalue weighted by molar-refractivity contribution is 7.89. The van der Waals surface area contributed by atoms with Gasteiger partial charge in [-0.15, -0.1) is 0 Å². The van der Waals surface area contributed by atoms with Crippen LogP contribution in [0.2, 0.25) is 0 Å². The fraction of sp³-hybridized carbons (Fsp3) is 0.222. The van der Waals surface area contributed by atoms with Crippen LogP contribution in [-0.4, -0.2) is 32.8 Å². The number of hydrogen-bond donors (Lipinski definition) is 3. The first kappa shape index (κ1) is 14.9. The van der Waals surface area contributed by atoms with Crippen molar-refractivity contribution >= 4 is 27.3 Å². The molecule has 1 amide bonds. The van der Waals surface area contributed by atoms with Gasteiger partial charge in [-0.2, -0.15) is 0 Å². The molecule has 0 saturated heterocycles. The Kier molecular flexibility index (Phi) is 4.40. The summed E-state index contributed by atoms with van der Waals surface area (Å²) in [7, 11) is -2.52. The van der Waals surface area contributed by atoms with Crippen molar-refractivity contribution < 1.29 is 18.1 Å². The highest BCUT2D eigenvalue weighted by atomic mass is 32.2. The standard InChI is InChI=1S/C9H12N4O5S/c1-11-7-4-6(2-3-8(7)13(15)16)19(17,18)12-5-9(10)14/h2-4,11-12H,5H2,1H3,(H2,10,14). The minimum Gasteiger partial charge on any atom is -0.383 e. The second-order valence-electron chi connectivity index (χ2n) is 3.48. The zero-order valence-electron chi connectivity index (χ0n) is 9.91. The number of amides is 1. The Morgan fingerprint density at radius 3 is 2.58 bits per heavy atom. The van der Waals surface area contributed by atoms with E-state index in [1.165, 1.54) is 7.05 Å². The van der Waals surface area contributed by atoms with Gasteiger partial charge in [0.1, 0.15) is 5.69 Å². The lowest BCUT2D eigenvalue weighted by Gasteiger charge is -2.07. The Balaban J connectivity index is 3.15. The molecule has 0 radical (unpaired) electrons. The van der Waals surface area contributed by atoms with Crippen molar-refractivity contribution in [3.05, 3.63) is 28.3 Å². The van der Waals surface area contributed by atoms with E-state index in [1.54, 1.807) is 0 Å². The molecule has 0 aliphatic rings. The lowest BCUT2D eigenvalue weighted by Crippen LogP contribution is -2.33. The van der Waals surface area contributed by atoms with Crippen molar-refractivity contribution in [3.63, 3.8) is 0 Å². The lowest BCUT2D eigenvalue weighted by molar-refractivity contribution is -0.384. The van der Waals surface area contributed by atoms with Gasteiger partial charge in [-0.3, -0.25) is 14.9 Å². The van der Waals surface area contributed by atoms with E-state index >= 15 is 0 Å². The average Bonchev–Trinajstić information content (AvgIpc) is 2.35. The van der Waals surface area contributed by atoms with Crippen LogP contribution in [0.1, 0.15) is 0 Å². The molecule has 0 saturated carbocycles. The summed E-state index contributed by atoms with van der Waals surface area (Å²) in [5.74, 6) is -0.834. The minimum absolute atomic E-state index is 0.0481. The largest absolute Gasteiger partial charge is 0.383 e. The Morgan fingerprint density at radius 1 is 1.47 bits per heavy atom. The molecule has 0 bridgehead atoms. The van der Waals surface area contributed by atoms with Gasteiger partial charge in [-0.25, -0.2) is 13.1 Å². The Morgan fingerprint density at radius 2 is 2.11 bits per heavy atom. The first-order chi connectivity index (χ1) is 8.77. The van der Waals surface area contributed by atoms with Gasteiger partial charge in [0, 0.05) is 13.1 Å². The van der Waals surface area contributed by atoms with Gasteiger partial charge in [0.15, 0.2) is 0 Å². The van der Waals surface area contributed by atoms with E-state index in [9.17, 15) is 23.3 Å². The van der Waals surface area contributed by atoms with Crippen LogP contribution >= 0.6 is 0 Å². The predicted octanol–water partition coefficient (Wildman–Crippen LogP) is -0.600. The summed E-state index contributed by atoms with van der Waals surface area (Å²) in [5, 5.41) is 13.2. The van der Waals surface area contributed by atoms with Crippen LogP contribution in [0.5, 0.6) is 0 Å². The number of carbonyl (C=O) groups is 1. The number of primary amides is 1. The second-order valence-corrected chi connectivity index (χ2v) is 5.24. The van der Waals surface area contributed by atoms with Crippen LogP contribution in [0.3, 0.4) is 0 Å². The molecule has 1 aromatic rings. The van der Waals surface area contributed by atoms with E-state index in [0.29, 0.717) is 0 Å². The number of nitrogens with zero attached hydrogens (tertiary/aromatic N) is 1. The number of rotatable bonds is 6. The monoisotopic (exact) mass is 288 g/mol. The summed E-state index contributed by atoms with van der Waals surface area (Å²) in [6, 6.07) is 3.23. The molecule has 104 valence electrons. The molecule has 0 spiro atoms. The van der Waals surface area contributed by atoms with Crippen LogP contribution in [0.25, 0.3) is 0 Å². The molecule has 0 aliphatic heterocycles. The van der Waals surface area contributed by atoms with Crippen molar-refractivity contribution in [1.82, 2.24) is 4.72 Å². The van der Waals surface area contributed by atoms with Crippen LogP contribution in [0.4, 0.5) is 11.4 Å². The van der Waals surface area contributed by atoms with Crippen molar-refractivity contribution in [1.29, 1.82) is 0 Å². The highest BCUT2D eigenvalue weighted by Crippen LogP contribution is 2.26. The zero-order valence-corrected chi connectivity index (χ0v) is 10.7. The maximum atomic E-state index is 11.8. The third kappa shape index (κ3) is 3.63. The molecule has 0 atom stereocenters. The number of sulfonamides is 1. The van der Waals surface area contributed by atoms with Crippen molar-refractivity contribution in [3.8, 4) is 0 Å². The topological polar surface area (TPSA) is 144 Å². The first-order valence-electron chi connectivity index (χ1n) is 5.02. The molecular weight excluding hydrogens is 276 g/mol. The van der Waals surface area contributed by atoms with Gasteiger partial charge in [0.25, 0.3) is 5.69 Å². The van der Waals surface area contributed by atoms with Crippen LogP contribution in [0.15, 0.2) is 23.1 Å². The smallest absolute Gasteiger partial charge is 0.292 e. The van der Waals surface area contributed by atoms with Gasteiger partial charge >= 0.3 is 0 Å². The number of nitro groups is 1. The fourth-order valence-corrected chi connectivity index (χ4v) is 2.31. The van der Waals surface area contributed by atoms with Crippen LogP contribution < -0.4 is 15.8 Å². The Hall–Kier alpha value is -2.20. The maximum absolute atomic E-state index is 11.8. The van der Waals surface area contributed by atoms with Gasteiger partial charge in [-0.05, 0) is 12.1 Å². The van der Waals surface area contributed by atoms with E-state index in [2.05, 4.69) is 5.32 Å². The molecule has 9 nitrogen and oxygen atoms in total. The molecular formula is C9H12N4O5S. The van der Waals surface area contributed by atoms with Crippen molar-refractivity contribution in [2.45, 2.75) is 4.90 Å². The van der Waals surface area contributed by atoms with E-state index in [-0.39, 0.29) is 16.3 Å².